The summed E-state index contributed by atoms with van der Waals surface area (Å²) in [5.41, 5.74) is 2.85. The number of benzene rings is 1. The summed E-state index contributed by atoms with van der Waals surface area (Å²) in [6, 6.07) is 9.37. The van der Waals surface area contributed by atoms with Crippen molar-refractivity contribution in [1.82, 2.24) is 10.2 Å². The lowest BCUT2D eigenvalue weighted by Gasteiger charge is -2.05. The number of carbonyl (C=O) groups is 1. The summed E-state index contributed by atoms with van der Waals surface area (Å²) in [7, 11) is 0. The number of aromatic nitrogens is 2. The number of ether oxygens (including phenoxy) is 1. The van der Waals surface area contributed by atoms with E-state index in [-0.39, 0.29) is 17.3 Å². The number of hydrogen-bond donors (Lipinski definition) is 0. The molecule has 0 fully saturated rings. The molecule has 0 spiro atoms. The lowest BCUT2D eigenvalue weighted by atomic mass is 10.1. The Morgan fingerprint density at radius 3 is 2.58 bits per heavy atom. The third-order valence-corrected chi connectivity index (χ3v) is 2.87. The van der Waals surface area contributed by atoms with Gasteiger partial charge in [-0.15, -0.1) is 10.2 Å². The Balaban J connectivity index is 2.40. The first-order chi connectivity index (χ1) is 9.11. The minimum absolute atomic E-state index is 0.0503. The van der Waals surface area contributed by atoms with Gasteiger partial charge in [-0.2, -0.15) is 0 Å². The quantitative estimate of drug-likeness (QED) is 0.807. The minimum atomic E-state index is -0.490. The van der Waals surface area contributed by atoms with Gasteiger partial charge >= 0.3 is 5.97 Å². The van der Waals surface area contributed by atoms with Crippen LogP contribution in [-0.4, -0.2) is 22.8 Å². The largest absolute Gasteiger partial charge is 0.462 e. The van der Waals surface area contributed by atoms with E-state index >= 15 is 0 Å². The fourth-order valence-corrected chi connectivity index (χ4v) is 1.76. The van der Waals surface area contributed by atoms with Crippen LogP contribution in [0.1, 0.15) is 22.8 Å². The van der Waals surface area contributed by atoms with Gasteiger partial charge in [0.25, 0.3) is 0 Å². The molecular weight excluding hydrogens is 264 g/mol. The molecule has 0 unspecified atom stereocenters. The maximum absolute atomic E-state index is 11.7. The van der Waals surface area contributed by atoms with Gasteiger partial charge < -0.3 is 4.74 Å². The predicted molar refractivity (Wildman–Crippen MR) is 73.2 cm³/mol. The van der Waals surface area contributed by atoms with E-state index in [1.165, 1.54) is 0 Å². The maximum Gasteiger partial charge on any atom is 0.341 e. The molecule has 1 aromatic heterocycles. The summed E-state index contributed by atoms with van der Waals surface area (Å²) < 4.78 is 4.93. The number of hydrogen-bond acceptors (Lipinski definition) is 4. The van der Waals surface area contributed by atoms with Gasteiger partial charge in [-0.1, -0.05) is 41.4 Å². The molecule has 0 aliphatic carbocycles. The molecule has 0 saturated heterocycles. The average molecular weight is 277 g/mol. The lowest BCUT2D eigenvalue weighted by molar-refractivity contribution is 0.0526. The Hall–Kier alpha value is -1.94. The molecule has 1 aromatic carbocycles. The molecule has 19 heavy (non-hydrogen) atoms. The highest BCUT2D eigenvalue weighted by atomic mass is 35.5. The molecule has 0 atom stereocenters. The highest BCUT2D eigenvalue weighted by Crippen LogP contribution is 2.21. The van der Waals surface area contributed by atoms with Crippen LogP contribution in [0.2, 0.25) is 5.15 Å². The number of halogens is 1. The summed E-state index contributed by atoms with van der Waals surface area (Å²) in [6.07, 6.45) is 0. The summed E-state index contributed by atoms with van der Waals surface area (Å²) in [5, 5.41) is 7.84. The van der Waals surface area contributed by atoms with Crippen LogP contribution in [-0.2, 0) is 4.74 Å². The van der Waals surface area contributed by atoms with Gasteiger partial charge in [-0.3, -0.25) is 0 Å². The number of nitrogens with zero attached hydrogens (tertiary/aromatic N) is 2. The molecule has 0 amide bonds. The topological polar surface area (TPSA) is 52.1 Å². The summed E-state index contributed by atoms with van der Waals surface area (Å²) in [4.78, 5) is 11.7. The van der Waals surface area contributed by atoms with E-state index in [1.54, 1.807) is 13.0 Å². The molecule has 98 valence electrons. The summed E-state index contributed by atoms with van der Waals surface area (Å²) >= 11 is 5.87. The molecule has 2 rings (SSSR count). The van der Waals surface area contributed by atoms with Crippen LogP contribution in [0.4, 0.5) is 0 Å². The molecule has 0 bridgehead atoms. The zero-order valence-corrected chi connectivity index (χ0v) is 11.4. The standard InChI is InChI=1S/C14H13ClN2O2/c1-3-19-14(18)11-8-12(16-17-13(11)15)10-6-4-9(2)5-7-10/h4-8H,3H2,1-2H3. The Morgan fingerprint density at radius 2 is 1.95 bits per heavy atom. The second-order valence-corrected chi connectivity index (χ2v) is 4.38. The average Bonchev–Trinajstić information content (AvgIpc) is 2.40. The fourth-order valence-electron chi connectivity index (χ4n) is 1.59. The van der Waals surface area contributed by atoms with E-state index in [9.17, 15) is 4.79 Å². The summed E-state index contributed by atoms with van der Waals surface area (Å²) in [6.45, 7) is 4.03. The van der Waals surface area contributed by atoms with E-state index in [1.807, 2.05) is 31.2 Å². The molecule has 4 nitrogen and oxygen atoms in total. The van der Waals surface area contributed by atoms with E-state index in [4.69, 9.17) is 16.3 Å². The second kappa shape index (κ2) is 5.80. The van der Waals surface area contributed by atoms with Crippen molar-refractivity contribution in [3.8, 4) is 11.3 Å². The SMILES string of the molecule is CCOC(=O)c1cc(-c2ccc(C)cc2)nnc1Cl. The van der Waals surface area contributed by atoms with Crippen LogP contribution in [0.15, 0.2) is 30.3 Å². The summed E-state index contributed by atoms with van der Waals surface area (Å²) in [5.74, 6) is -0.490. The third-order valence-electron chi connectivity index (χ3n) is 2.59. The third kappa shape index (κ3) is 3.09. The van der Waals surface area contributed by atoms with Crippen molar-refractivity contribution >= 4 is 17.6 Å². The first kappa shape index (κ1) is 13.5. The maximum atomic E-state index is 11.7. The molecule has 2 aromatic rings. The highest BCUT2D eigenvalue weighted by Gasteiger charge is 2.15. The van der Waals surface area contributed by atoms with Crippen molar-refractivity contribution in [3.05, 3.63) is 46.6 Å². The van der Waals surface area contributed by atoms with E-state index < -0.39 is 5.97 Å². The zero-order chi connectivity index (χ0) is 13.8. The highest BCUT2D eigenvalue weighted by molar-refractivity contribution is 6.32. The Kier molecular flexibility index (Phi) is 4.12. The van der Waals surface area contributed by atoms with Crippen LogP contribution in [0, 0.1) is 6.92 Å². The van der Waals surface area contributed by atoms with Crippen LogP contribution in [0.5, 0.6) is 0 Å². The van der Waals surface area contributed by atoms with E-state index in [0.29, 0.717) is 5.69 Å². The number of carbonyl (C=O) groups excluding carboxylic acids is 1. The molecule has 0 aliphatic heterocycles. The van der Waals surface area contributed by atoms with Crippen molar-refractivity contribution in [3.63, 3.8) is 0 Å². The molecule has 0 N–H and O–H groups in total. The Morgan fingerprint density at radius 1 is 1.26 bits per heavy atom. The monoisotopic (exact) mass is 276 g/mol. The van der Waals surface area contributed by atoms with Crippen molar-refractivity contribution < 1.29 is 9.53 Å². The molecule has 0 saturated carbocycles. The number of esters is 1. The van der Waals surface area contributed by atoms with Crippen molar-refractivity contribution in [1.29, 1.82) is 0 Å². The van der Waals surface area contributed by atoms with E-state index in [2.05, 4.69) is 10.2 Å². The zero-order valence-electron chi connectivity index (χ0n) is 10.7. The smallest absolute Gasteiger partial charge is 0.341 e. The van der Waals surface area contributed by atoms with Gasteiger partial charge in [-0.25, -0.2) is 4.79 Å². The minimum Gasteiger partial charge on any atom is -0.462 e. The molecule has 0 radical (unpaired) electrons. The van der Waals surface area contributed by atoms with Crippen LogP contribution < -0.4 is 0 Å². The van der Waals surface area contributed by atoms with Gasteiger partial charge in [0.05, 0.1) is 12.3 Å². The van der Waals surface area contributed by atoms with Gasteiger partial charge in [0.15, 0.2) is 5.15 Å². The molecule has 5 heteroatoms. The lowest BCUT2D eigenvalue weighted by Crippen LogP contribution is -2.07. The first-order valence-electron chi connectivity index (χ1n) is 5.89. The Labute approximate surface area is 116 Å². The van der Waals surface area contributed by atoms with Gasteiger partial charge in [0, 0.05) is 5.56 Å². The normalized spacial score (nSPS) is 10.3. The molecule has 0 aliphatic rings. The Bertz CT molecular complexity index is 597. The van der Waals surface area contributed by atoms with Gasteiger partial charge in [-0.05, 0) is 19.9 Å². The second-order valence-electron chi connectivity index (χ2n) is 4.02. The van der Waals surface area contributed by atoms with Crippen molar-refractivity contribution in [2.24, 2.45) is 0 Å². The van der Waals surface area contributed by atoms with E-state index in [0.717, 1.165) is 11.1 Å². The van der Waals surface area contributed by atoms with Crippen molar-refractivity contribution in [2.75, 3.05) is 6.61 Å². The van der Waals surface area contributed by atoms with Gasteiger partial charge in [0.2, 0.25) is 0 Å². The molecule has 1 heterocycles. The van der Waals surface area contributed by atoms with Crippen LogP contribution in [0.3, 0.4) is 0 Å². The van der Waals surface area contributed by atoms with Crippen molar-refractivity contribution in [2.45, 2.75) is 13.8 Å². The number of rotatable bonds is 3. The first-order valence-corrected chi connectivity index (χ1v) is 6.27. The molecular formula is C14H13ClN2O2. The van der Waals surface area contributed by atoms with Crippen LogP contribution in [0.25, 0.3) is 11.3 Å². The van der Waals surface area contributed by atoms with Crippen LogP contribution >= 0.6 is 11.6 Å². The number of aryl methyl sites for hydroxylation is 1. The van der Waals surface area contributed by atoms with Gasteiger partial charge in [0.1, 0.15) is 5.56 Å². The fraction of sp³-hybridized carbons (Fsp3) is 0.214. The predicted octanol–water partition coefficient (Wildman–Crippen LogP) is 3.28.